The molecule has 0 bridgehead atoms. The number of aromatic hydroxyl groups is 1. The molecule has 152 valence electrons. The highest BCUT2D eigenvalue weighted by Crippen LogP contribution is 2.24. The molecule has 11 heteroatoms. The number of carbonyl (C=O) groups is 1. The van der Waals surface area contributed by atoms with Gasteiger partial charge in [-0.2, -0.15) is 9.61 Å². The molecule has 0 spiro atoms. The Morgan fingerprint density at radius 3 is 2.79 bits per heavy atom. The van der Waals surface area contributed by atoms with Crippen LogP contribution in [0.25, 0.3) is 17.8 Å². The fraction of sp³-hybridized carbons (Fsp3) is 0.389. The summed E-state index contributed by atoms with van der Waals surface area (Å²) in [6.07, 6.45) is 6.21. The van der Waals surface area contributed by atoms with Crippen molar-refractivity contribution in [1.82, 2.24) is 29.6 Å². The van der Waals surface area contributed by atoms with Gasteiger partial charge in [0.2, 0.25) is 5.88 Å². The second-order valence-electron chi connectivity index (χ2n) is 7.40. The van der Waals surface area contributed by atoms with Crippen molar-refractivity contribution in [3.63, 3.8) is 0 Å². The lowest BCUT2D eigenvalue weighted by Gasteiger charge is -2.17. The third kappa shape index (κ3) is 3.58. The van der Waals surface area contributed by atoms with E-state index < -0.39 is 23.1 Å². The van der Waals surface area contributed by atoms with E-state index in [1.807, 2.05) is 13.8 Å². The molecule has 1 amide bonds. The summed E-state index contributed by atoms with van der Waals surface area (Å²) in [5.74, 6) is -1.39. The molecule has 3 aromatic rings. The van der Waals surface area contributed by atoms with Crippen LogP contribution in [0.15, 0.2) is 20.3 Å². The largest absolute Gasteiger partial charge is 0.494 e. The molecule has 0 unspecified atom stereocenters. The summed E-state index contributed by atoms with van der Waals surface area (Å²) >= 11 is 0. The SMILES string of the molecule is CC(C)Cn1c(O)c(C(=O)NC2CC2)c(=O)n2ncc(/C=C/c3noc(=O)[nH]3)c12. The molecule has 0 saturated heterocycles. The Labute approximate surface area is 163 Å². The molecule has 0 aromatic carbocycles. The lowest BCUT2D eigenvalue weighted by Crippen LogP contribution is -2.34. The number of nitrogens with zero attached hydrogens (tertiary/aromatic N) is 4. The van der Waals surface area contributed by atoms with Crippen molar-refractivity contribution in [2.75, 3.05) is 0 Å². The number of aromatic nitrogens is 5. The minimum Gasteiger partial charge on any atom is -0.494 e. The molecule has 3 heterocycles. The summed E-state index contributed by atoms with van der Waals surface area (Å²) in [7, 11) is 0. The van der Waals surface area contributed by atoms with Crippen LogP contribution in [-0.2, 0) is 6.54 Å². The zero-order valence-electron chi connectivity index (χ0n) is 15.9. The van der Waals surface area contributed by atoms with Crippen LogP contribution < -0.4 is 16.6 Å². The quantitative estimate of drug-likeness (QED) is 0.549. The van der Waals surface area contributed by atoms with Gasteiger partial charge < -0.3 is 10.4 Å². The van der Waals surface area contributed by atoms with Crippen LogP contribution >= 0.6 is 0 Å². The van der Waals surface area contributed by atoms with E-state index >= 15 is 0 Å². The Balaban J connectivity index is 1.87. The third-order valence-electron chi connectivity index (χ3n) is 4.48. The first-order chi connectivity index (χ1) is 13.8. The maximum atomic E-state index is 12.9. The van der Waals surface area contributed by atoms with Gasteiger partial charge >= 0.3 is 5.76 Å². The van der Waals surface area contributed by atoms with Crippen LogP contribution in [0.3, 0.4) is 0 Å². The third-order valence-corrected chi connectivity index (χ3v) is 4.48. The predicted molar refractivity (Wildman–Crippen MR) is 102 cm³/mol. The Morgan fingerprint density at radius 1 is 1.41 bits per heavy atom. The first-order valence-electron chi connectivity index (χ1n) is 9.23. The molecule has 0 atom stereocenters. The van der Waals surface area contributed by atoms with Gasteiger partial charge in [0, 0.05) is 18.2 Å². The van der Waals surface area contributed by atoms with Crippen LogP contribution in [0.2, 0.25) is 0 Å². The molecule has 1 aliphatic rings. The van der Waals surface area contributed by atoms with Crippen molar-refractivity contribution in [2.45, 2.75) is 39.3 Å². The molecule has 1 fully saturated rings. The average Bonchev–Trinajstić information content (AvgIpc) is 3.20. The zero-order chi connectivity index (χ0) is 20.7. The summed E-state index contributed by atoms with van der Waals surface area (Å²) < 4.78 is 7.03. The molecule has 29 heavy (non-hydrogen) atoms. The summed E-state index contributed by atoms with van der Waals surface area (Å²) in [5, 5.41) is 21.2. The summed E-state index contributed by atoms with van der Waals surface area (Å²) in [5.41, 5.74) is -0.211. The van der Waals surface area contributed by atoms with Crippen molar-refractivity contribution >= 4 is 23.7 Å². The lowest BCUT2D eigenvalue weighted by molar-refractivity contribution is 0.0944. The Hall–Kier alpha value is -3.63. The molecule has 0 radical (unpaired) electrons. The van der Waals surface area contributed by atoms with Gasteiger partial charge in [-0.15, -0.1) is 0 Å². The second kappa shape index (κ2) is 7.08. The van der Waals surface area contributed by atoms with Crippen molar-refractivity contribution < 1.29 is 14.4 Å². The van der Waals surface area contributed by atoms with Gasteiger partial charge in [-0.05, 0) is 30.9 Å². The van der Waals surface area contributed by atoms with E-state index in [0.29, 0.717) is 17.8 Å². The maximum Gasteiger partial charge on any atom is 0.439 e. The van der Waals surface area contributed by atoms with E-state index in [1.165, 1.54) is 16.8 Å². The molecule has 0 aliphatic heterocycles. The van der Waals surface area contributed by atoms with E-state index in [1.54, 1.807) is 6.08 Å². The predicted octanol–water partition coefficient (Wildman–Crippen LogP) is 0.596. The van der Waals surface area contributed by atoms with E-state index in [2.05, 4.69) is 25.1 Å². The first kappa shape index (κ1) is 18.7. The lowest BCUT2D eigenvalue weighted by atomic mass is 10.2. The van der Waals surface area contributed by atoms with Gasteiger partial charge in [-0.25, -0.2) is 4.79 Å². The van der Waals surface area contributed by atoms with Crippen molar-refractivity contribution in [2.24, 2.45) is 5.92 Å². The molecular weight excluding hydrogens is 380 g/mol. The second-order valence-corrected chi connectivity index (χ2v) is 7.40. The number of hydrogen-bond donors (Lipinski definition) is 3. The van der Waals surface area contributed by atoms with Crippen LogP contribution in [0, 0.1) is 5.92 Å². The Bertz CT molecular complexity index is 1220. The maximum absolute atomic E-state index is 12.9. The van der Waals surface area contributed by atoms with E-state index in [-0.39, 0.29) is 23.3 Å². The Kier molecular flexibility index (Phi) is 4.57. The fourth-order valence-corrected chi connectivity index (χ4v) is 3.03. The monoisotopic (exact) mass is 400 g/mol. The molecule has 1 aliphatic carbocycles. The van der Waals surface area contributed by atoms with Gasteiger partial charge in [0.25, 0.3) is 11.5 Å². The minimum absolute atomic E-state index is 0.0382. The number of aromatic amines is 1. The first-order valence-corrected chi connectivity index (χ1v) is 9.23. The number of carbonyl (C=O) groups excluding carboxylic acids is 1. The number of hydrogen-bond acceptors (Lipinski definition) is 7. The van der Waals surface area contributed by atoms with Gasteiger partial charge in [-0.3, -0.25) is 23.7 Å². The van der Waals surface area contributed by atoms with E-state index in [0.717, 1.165) is 17.4 Å². The van der Waals surface area contributed by atoms with Crippen molar-refractivity contribution in [3.05, 3.63) is 44.1 Å². The van der Waals surface area contributed by atoms with Gasteiger partial charge in [-0.1, -0.05) is 19.0 Å². The minimum atomic E-state index is -0.704. The summed E-state index contributed by atoms with van der Waals surface area (Å²) in [4.78, 5) is 38.9. The molecule has 3 aromatic heterocycles. The van der Waals surface area contributed by atoms with Crippen molar-refractivity contribution in [1.29, 1.82) is 0 Å². The van der Waals surface area contributed by atoms with Crippen LogP contribution in [0.1, 0.15) is 48.4 Å². The van der Waals surface area contributed by atoms with Crippen LogP contribution in [0.5, 0.6) is 5.88 Å². The number of rotatable bonds is 6. The zero-order valence-corrected chi connectivity index (χ0v) is 15.9. The van der Waals surface area contributed by atoms with Gasteiger partial charge in [0.15, 0.2) is 11.4 Å². The topological polar surface area (TPSA) is 148 Å². The summed E-state index contributed by atoms with van der Waals surface area (Å²) in [6, 6.07) is 0.0382. The molecule has 1 saturated carbocycles. The van der Waals surface area contributed by atoms with Gasteiger partial charge in [0.1, 0.15) is 5.65 Å². The number of fused-ring (bicyclic) bond motifs is 1. The number of H-pyrrole nitrogens is 1. The van der Waals surface area contributed by atoms with Crippen LogP contribution in [-0.4, -0.2) is 41.4 Å². The van der Waals surface area contributed by atoms with E-state index in [9.17, 15) is 19.5 Å². The molecule has 4 rings (SSSR count). The highest BCUT2D eigenvalue weighted by Gasteiger charge is 2.29. The van der Waals surface area contributed by atoms with E-state index in [4.69, 9.17) is 0 Å². The summed E-state index contributed by atoms with van der Waals surface area (Å²) in [6.45, 7) is 4.25. The van der Waals surface area contributed by atoms with Crippen LogP contribution in [0.4, 0.5) is 0 Å². The normalized spacial score (nSPS) is 14.3. The Morgan fingerprint density at radius 2 is 2.17 bits per heavy atom. The number of nitrogens with one attached hydrogen (secondary N) is 2. The van der Waals surface area contributed by atoms with Gasteiger partial charge in [0.05, 0.1) is 6.20 Å². The highest BCUT2D eigenvalue weighted by atomic mass is 16.5. The van der Waals surface area contributed by atoms with Crippen molar-refractivity contribution in [3.8, 4) is 5.88 Å². The average molecular weight is 400 g/mol. The fourth-order valence-electron chi connectivity index (χ4n) is 3.03. The molecule has 3 N–H and O–H groups in total. The molecule has 11 nitrogen and oxygen atoms in total. The number of amides is 1. The smallest absolute Gasteiger partial charge is 0.439 e. The highest BCUT2D eigenvalue weighted by molar-refractivity contribution is 5.96. The molecular formula is C18H20N6O5. The standard InChI is InChI=1S/C18H20N6O5/c1-9(2)8-23-15-10(3-6-12-21-18(28)29-22-12)7-19-24(15)17(27)13(16(23)26)14(25)20-11-4-5-11/h3,6-7,9,11,26H,4-5,8H2,1-2H3,(H,20,25)(H,21,22,28)/b6-3+.